The van der Waals surface area contributed by atoms with Crippen molar-refractivity contribution in [2.75, 3.05) is 19.7 Å². The Bertz CT molecular complexity index is 798. The van der Waals surface area contributed by atoms with Gasteiger partial charge in [0.15, 0.2) is 5.82 Å². The molecule has 150 valence electrons. The molecular formula is C22H29N3O3. The number of amides is 1. The number of likely N-dealkylation sites (tertiary alicyclic amines) is 1. The van der Waals surface area contributed by atoms with Crippen LogP contribution in [0.2, 0.25) is 0 Å². The molecule has 1 amide bonds. The van der Waals surface area contributed by atoms with Gasteiger partial charge in [0.05, 0.1) is 12.5 Å². The number of carbonyl (C=O) groups excluding carboxylic acids is 1. The molecule has 0 bridgehead atoms. The van der Waals surface area contributed by atoms with Crippen LogP contribution < -0.4 is 4.74 Å². The van der Waals surface area contributed by atoms with E-state index in [4.69, 9.17) is 9.26 Å². The third-order valence-electron chi connectivity index (χ3n) is 5.90. The molecule has 2 aromatic rings. The highest BCUT2D eigenvalue weighted by atomic mass is 16.5. The molecule has 0 spiro atoms. The molecule has 1 aliphatic carbocycles. The van der Waals surface area contributed by atoms with E-state index in [2.05, 4.69) is 10.1 Å². The van der Waals surface area contributed by atoms with Gasteiger partial charge in [-0.05, 0) is 49.8 Å². The number of benzene rings is 1. The highest BCUT2D eigenvalue weighted by Gasteiger charge is 2.32. The number of rotatable bonds is 7. The summed E-state index contributed by atoms with van der Waals surface area (Å²) in [5.41, 5.74) is 1.17. The normalized spacial score (nSPS) is 20.0. The number of nitrogens with zero attached hydrogens (tertiary/aromatic N) is 3. The van der Waals surface area contributed by atoms with Crippen LogP contribution in [0.3, 0.4) is 0 Å². The predicted molar refractivity (Wildman–Crippen MR) is 105 cm³/mol. The van der Waals surface area contributed by atoms with Crippen LogP contribution in [0.4, 0.5) is 0 Å². The van der Waals surface area contributed by atoms with Crippen LogP contribution in [0.25, 0.3) is 0 Å². The topological polar surface area (TPSA) is 68.5 Å². The molecule has 0 N–H and O–H groups in total. The van der Waals surface area contributed by atoms with Gasteiger partial charge in [0.2, 0.25) is 11.8 Å². The van der Waals surface area contributed by atoms with Gasteiger partial charge in [-0.1, -0.05) is 30.1 Å². The molecule has 4 rings (SSSR count). The lowest BCUT2D eigenvalue weighted by Gasteiger charge is -2.18. The van der Waals surface area contributed by atoms with Gasteiger partial charge in [-0.2, -0.15) is 4.98 Å². The Morgan fingerprint density at radius 1 is 1.29 bits per heavy atom. The smallest absolute Gasteiger partial charge is 0.231 e. The molecule has 1 aromatic carbocycles. The Kier molecular flexibility index (Phi) is 5.93. The van der Waals surface area contributed by atoms with Crippen molar-refractivity contribution in [1.82, 2.24) is 15.0 Å². The summed E-state index contributed by atoms with van der Waals surface area (Å²) in [6.45, 7) is 4.05. The minimum Gasteiger partial charge on any atom is -0.493 e. The molecule has 28 heavy (non-hydrogen) atoms. The lowest BCUT2D eigenvalue weighted by Crippen LogP contribution is -2.29. The van der Waals surface area contributed by atoms with Crippen LogP contribution in [0.15, 0.2) is 28.8 Å². The fourth-order valence-electron chi connectivity index (χ4n) is 4.28. The summed E-state index contributed by atoms with van der Waals surface area (Å²) in [5.74, 6) is 3.22. The molecule has 1 aromatic heterocycles. The van der Waals surface area contributed by atoms with Crippen molar-refractivity contribution in [3.63, 3.8) is 0 Å². The minimum absolute atomic E-state index is 0.159. The van der Waals surface area contributed by atoms with E-state index in [1.54, 1.807) is 0 Å². The second-order valence-corrected chi connectivity index (χ2v) is 8.14. The lowest BCUT2D eigenvalue weighted by atomic mass is 10.0. The highest BCUT2D eigenvalue weighted by molar-refractivity contribution is 5.76. The number of hydrogen-bond donors (Lipinski definition) is 0. The predicted octanol–water partition coefficient (Wildman–Crippen LogP) is 3.90. The van der Waals surface area contributed by atoms with E-state index >= 15 is 0 Å². The number of ether oxygens (including phenoxy) is 1. The number of carbonyl (C=O) groups is 1. The summed E-state index contributed by atoms with van der Waals surface area (Å²) in [5, 5.41) is 4.09. The van der Waals surface area contributed by atoms with Gasteiger partial charge in [0.25, 0.3) is 0 Å². The zero-order chi connectivity index (χ0) is 19.3. The second-order valence-electron chi connectivity index (χ2n) is 8.14. The molecule has 1 saturated carbocycles. The summed E-state index contributed by atoms with van der Waals surface area (Å²) in [7, 11) is 0. The average molecular weight is 383 g/mol. The number of aromatic nitrogens is 2. The third kappa shape index (κ3) is 4.72. The first kappa shape index (κ1) is 19.0. The van der Waals surface area contributed by atoms with Crippen LogP contribution >= 0.6 is 0 Å². The van der Waals surface area contributed by atoms with Crippen LogP contribution in [-0.4, -0.2) is 40.6 Å². The fourth-order valence-corrected chi connectivity index (χ4v) is 4.28. The fraction of sp³-hybridized carbons (Fsp3) is 0.591. The maximum absolute atomic E-state index is 12.5. The highest BCUT2D eigenvalue weighted by Crippen LogP contribution is 2.31. The van der Waals surface area contributed by atoms with Gasteiger partial charge in [-0.3, -0.25) is 4.79 Å². The maximum atomic E-state index is 12.5. The summed E-state index contributed by atoms with van der Waals surface area (Å²) in [4.78, 5) is 19.0. The molecule has 2 fully saturated rings. The first-order valence-corrected chi connectivity index (χ1v) is 10.5. The van der Waals surface area contributed by atoms with E-state index in [1.165, 1.54) is 31.2 Å². The Balaban J connectivity index is 1.24. The zero-order valence-corrected chi connectivity index (χ0v) is 16.6. The number of hydrogen-bond acceptors (Lipinski definition) is 5. The SMILES string of the molecule is Cc1cccc(OCCc2noc(C3CCN(C(=O)CC4CCCC4)C3)n2)c1. The molecule has 6 nitrogen and oxygen atoms in total. The summed E-state index contributed by atoms with van der Waals surface area (Å²) in [6.07, 6.45) is 7.18. The first-order chi connectivity index (χ1) is 13.7. The van der Waals surface area contributed by atoms with Crippen molar-refractivity contribution in [3.8, 4) is 5.75 Å². The lowest BCUT2D eigenvalue weighted by molar-refractivity contribution is -0.131. The van der Waals surface area contributed by atoms with E-state index in [9.17, 15) is 4.79 Å². The molecule has 1 saturated heterocycles. The second kappa shape index (κ2) is 8.76. The molecule has 2 aliphatic rings. The first-order valence-electron chi connectivity index (χ1n) is 10.5. The summed E-state index contributed by atoms with van der Waals surface area (Å²) in [6, 6.07) is 7.99. The Morgan fingerprint density at radius 2 is 2.14 bits per heavy atom. The largest absolute Gasteiger partial charge is 0.493 e. The van der Waals surface area contributed by atoms with Gasteiger partial charge in [0.1, 0.15) is 5.75 Å². The third-order valence-corrected chi connectivity index (χ3v) is 5.90. The number of aryl methyl sites for hydroxylation is 1. The van der Waals surface area contributed by atoms with E-state index in [0.717, 1.165) is 18.7 Å². The van der Waals surface area contributed by atoms with Crippen molar-refractivity contribution in [2.45, 2.75) is 57.8 Å². The van der Waals surface area contributed by atoms with E-state index in [1.807, 2.05) is 36.1 Å². The molecule has 6 heteroatoms. The van der Waals surface area contributed by atoms with Crippen LogP contribution in [0, 0.1) is 12.8 Å². The van der Waals surface area contributed by atoms with Crippen molar-refractivity contribution < 1.29 is 14.1 Å². The average Bonchev–Trinajstić information content (AvgIpc) is 3.43. The Labute approximate surface area is 166 Å². The zero-order valence-electron chi connectivity index (χ0n) is 16.6. The quantitative estimate of drug-likeness (QED) is 0.725. The Hall–Kier alpha value is -2.37. The summed E-state index contributed by atoms with van der Waals surface area (Å²) >= 11 is 0. The van der Waals surface area contributed by atoms with Crippen LogP contribution in [0.5, 0.6) is 5.75 Å². The Morgan fingerprint density at radius 3 is 2.96 bits per heavy atom. The van der Waals surface area contributed by atoms with Gasteiger partial charge in [-0.25, -0.2) is 0 Å². The van der Waals surface area contributed by atoms with Gasteiger partial charge in [0, 0.05) is 25.9 Å². The van der Waals surface area contributed by atoms with Crippen molar-refractivity contribution >= 4 is 5.91 Å². The van der Waals surface area contributed by atoms with Gasteiger partial charge < -0.3 is 14.2 Å². The standard InChI is InChI=1S/C22H29N3O3/c1-16-5-4-8-19(13-16)27-12-10-20-23-22(28-24-20)18-9-11-25(15-18)21(26)14-17-6-2-3-7-17/h4-5,8,13,17-18H,2-3,6-7,9-12,14-15H2,1H3. The van der Waals surface area contributed by atoms with Crippen molar-refractivity contribution in [3.05, 3.63) is 41.5 Å². The molecule has 0 radical (unpaired) electrons. The molecule has 1 aliphatic heterocycles. The van der Waals surface area contributed by atoms with Gasteiger partial charge >= 0.3 is 0 Å². The van der Waals surface area contributed by atoms with Crippen molar-refractivity contribution in [2.24, 2.45) is 5.92 Å². The van der Waals surface area contributed by atoms with Crippen LogP contribution in [0.1, 0.15) is 61.7 Å². The van der Waals surface area contributed by atoms with Crippen molar-refractivity contribution in [1.29, 1.82) is 0 Å². The molecular weight excluding hydrogens is 354 g/mol. The maximum Gasteiger partial charge on any atom is 0.231 e. The molecule has 2 heterocycles. The van der Waals surface area contributed by atoms with E-state index < -0.39 is 0 Å². The monoisotopic (exact) mass is 383 g/mol. The van der Waals surface area contributed by atoms with Gasteiger partial charge in [-0.15, -0.1) is 0 Å². The van der Waals surface area contributed by atoms with E-state index in [-0.39, 0.29) is 5.92 Å². The molecule has 1 atom stereocenters. The minimum atomic E-state index is 0.159. The van der Waals surface area contributed by atoms with Crippen LogP contribution in [-0.2, 0) is 11.2 Å². The summed E-state index contributed by atoms with van der Waals surface area (Å²) < 4.78 is 11.2. The molecule has 1 unspecified atom stereocenters. The van der Waals surface area contributed by atoms with E-state index in [0.29, 0.717) is 49.5 Å².